The van der Waals surface area contributed by atoms with Crippen LogP contribution in [0.1, 0.15) is 64.7 Å². The van der Waals surface area contributed by atoms with Crippen LogP contribution in [0.4, 0.5) is 0 Å². The molecule has 4 fully saturated rings. The molecule has 1 aliphatic heterocycles. The lowest BCUT2D eigenvalue weighted by molar-refractivity contribution is -0.982. The number of fused-ring (bicyclic) bond motifs is 5. The van der Waals surface area contributed by atoms with E-state index in [1.807, 2.05) is 0 Å². The van der Waals surface area contributed by atoms with E-state index in [0.29, 0.717) is 44.9 Å². The maximum absolute atomic E-state index is 12.6. The van der Waals surface area contributed by atoms with E-state index >= 15 is 0 Å². The van der Waals surface area contributed by atoms with Crippen LogP contribution in [0.2, 0.25) is 0 Å². The highest BCUT2D eigenvalue weighted by Crippen LogP contribution is 2.70. The van der Waals surface area contributed by atoms with Crippen molar-refractivity contribution in [3.63, 3.8) is 0 Å². The SMILES string of the molecule is C[C@@]12CCC3C(CCC4(O)CC(O[N+](=O)O)CC[C@@]34C=O)C1(O)CCC2C1=CC(=O)OC1. The summed E-state index contributed by atoms with van der Waals surface area (Å²) in [6.07, 6.45) is 6.25. The van der Waals surface area contributed by atoms with E-state index in [1.165, 1.54) is 0 Å². The van der Waals surface area contributed by atoms with Crippen molar-refractivity contribution in [3.8, 4) is 0 Å². The van der Waals surface area contributed by atoms with E-state index < -0.39 is 33.2 Å². The zero-order valence-electron chi connectivity index (χ0n) is 18.4. The van der Waals surface area contributed by atoms with Crippen LogP contribution in [-0.4, -0.2) is 56.7 Å². The van der Waals surface area contributed by atoms with E-state index in [0.717, 1.165) is 18.3 Å². The van der Waals surface area contributed by atoms with Crippen LogP contribution < -0.4 is 0 Å². The number of aldehydes is 1. The zero-order valence-corrected chi connectivity index (χ0v) is 18.4. The number of esters is 1. The van der Waals surface area contributed by atoms with E-state index in [2.05, 4.69) is 6.92 Å². The molecular weight excluding hydrogens is 418 g/mol. The lowest BCUT2D eigenvalue weighted by Crippen LogP contribution is -2.69. The Kier molecular flexibility index (Phi) is 4.77. The van der Waals surface area contributed by atoms with Crippen LogP contribution in [0.5, 0.6) is 0 Å². The Morgan fingerprint density at radius 1 is 1.12 bits per heavy atom. The van der Waals surface area contributed by atoms with Gasteiger partial charge in [0.2, 0.25) is 0 Å². The number of hydrogen-bond donors (Lipinski definition) is 3. The van der Waals surface area contributed by atoms with Crippen molar-refractivity contribution in [1.29, 1.82) is 0 Å². The van der Waals surface area contributed by atoms with Gasteiger partial charge < -0.3 is 19.7 Å². The number of nitrogens with zero attached hydrogens (tertiary/aromatic N) is 1. The minimum Gasteiger partial charge on any atom is -0.458 e. The number of aliphatic hydroxyl groups is 2. The molecule has 5 rings (SSSR count). The summed E-state index contributed by atoms with van der Waals surface area (Å²) in [5.41, 5.74) is -2.82. The van der Waals surface area contributed by atoms with E-state index in [-0.39, 0.29) is 36.8 Å². The third-order valence-corrected chi connectivity index (χ3v) is 10.1. The molecule has 0 aromatic rings. The molecule has 4 saturated carbocycles. The summed E-state index contributed by atoms with van der Waals surface area (Å²) < 4.78 is 5.15. The molecule has 0 aromatic carbocycles. The van der Waals surface area contributed by atoms with Crippen molar-refractivity contribution in [3.05, 3.63) is 16.6 Å². The van der Waals surface area contributed by atoms with Crippen LogP contribution >= 0.6 is 0 Å². The van der Waals surface area contributed by atoms with E-state index in [4.69, 9.17) is 14.8 Å². The quantitative estimate of drug-likeness (QED) is 0.336. The molecule has 0 bridgehead atoms. The molecule has 9 nitrogen and oxygen atoms in total. The summed E-state index contributed by atoms with van der Waals surface area (Å²) in [7, 11) is 0. The van der Waals surface area contributed by atoms with Gasteiger partial charge in [0.05, 0.1) is 16.6 Å². The highest BCUT2D eigenvalue weighted by Gasteiger charge is 2.71. The van der Waals surface area contributed by atoms with Crippen LogP contribution in [-0.2, 0) is 19.2 Å². The van der Waals surface area contributed by atoms with Crippen LogP contribution in [0.3, 0.4) is 0 Å². The van der Waals surface area contributed by atoms with E-state index in [1.54, 1.807) is 6.08 Å². The monoisotopic (exact) mass is 450 g/mol. The second kappa shape index (κ2) is 7.00. The Bertz CT molecular complexity index is 889. The third-order valence-electron chi connectivity index (χ3n) is 10.1. The van der Waals surface area contributed by atoms with Gasteiger partial charge in [-0.3, -0.25) is 0 Å². The fraction of sp³-hybridized carbons (Fsp3) is 0.826. The zero-order chi connectivity index (χ0) is 22.9. The molecule has 5 aliphatic rings. The average molecular weight is 451 g/mol. The molecule has 4 aliphatic carbocycles. The Balaban J connectivity index is 1.46. The number of rotatable bonds is 4. The van der Waals surface area contributed by atoms with Crippen LogP contribution in [0.25, 0.3) is 0 Å². The molecular formula is C23H32NO8+. The van der Waals surface area contributed by atoms with Gasteiger partial charge in [-0.05, 0) is 74.7 Å². The van der Waals surface area contributed by atoms with Gasteiger partial charge in [0.15, 0.2) is 6.10 Å². The molecule has 0 spiro atoms. The molecule has 3 N–H and O–H groups in total. The summed E-state index contributed by atoms with van der Waals surface area (Å²) in [4.78, 5) is 40.1. The second-order valence-corrected chi connectivity index (χ2v) is 10.9. The van der Waals surface area contributed by atoms with E-state index in [9.17, 15) is 24.7 Å². The molecule has 0 aromatic heterocycles. The fourth-order valence-electron chi connectivity index (χ4n) is 8.53. The first-order valence-electron chi connectivity index (χ1n) is 11.7. The molecule has 0 saturated heterocycles. The number of cyclic esters (lactones) is 1. The summed E-state index contributed by atoms with van der Waals surface area (Å²) >= 11 is 0. The molecule has 6 unspecified atom stereocenters. The third kappa shape index (κ3) is 2.70. The van der Waals surface area contributed by atoms with Crippen molar-refractivity contribution in [1.82, 2.24) is 0 Å². The molecule has 1 heterocycles. The molecule has 176 valence electrons. The highest BCUT2D eigenvalue weighted by molar-refractivity contribution is 5.85. The first-order chi connectivity index (χ1) is 15.1. The summed E-state index contributed by atoms with van der Waals surface area (Å²) in [5.74, 6) is -0.579. The highest BCUT2D eigenvalue weighted by atomic mass is 17.0. The Labute approximate surface area is 186 Å². The molecule has 8 atom stereocenters. The molecule has 0 radical (unpaired) electrons. The number of carbonyl (C=O) groups excluding carboxylic acids is 2. The van der Waals surface area contributed by atoms with Gasteiger partial charge in [-0.15, -0.1) is 0 Å². The molecule has 0 amide bonds. The van der Waals surface area contributed by atoms with Crippen LogP contribution in [0.15, 0.2) is 11.6 Å². The lowest BCUT2D eigenvalue weighted by atomic mass is 9.41. The Morgan fingerprint density at radius 2 is 1.88 bits per heavy atom. The van der Waals surface area contributed by atoms with Gasteiger partial charge in [-0.25, -0.2) is 10.0 Å². The van der Waals surface area contributed by atoms with Gasteiger partial charge >= 0.3 is 11.1 Å². The van der Waals surface area contributed by atoms with Crippen molar-refractivity contribution in [2.24, 2.45) is 28.6 Å². The minimum absolute atomic E-state index is 0.0598. The summed E-state index contributed by atoms with van der Waals surface area (Å²) in [6.45, 7) is 2.39. The molecule has 9 heteroatoms. The topological polar surface area (TPSA) is 133 Å². The van der Waals surface area contributed by atoms with Crippen LogP contribution in [0, 0.1) is 33.5 Å². The first-order valence-corrected chi connectivity index (χ1v) is 11.7. The largest absolute Gasteiger partial charge is 0.475 e. The predicted molar refractivity (Wildman–Crippen MR) is 108 cm³/mol. The molecule has 32 heavy (non-hydrogen) atoms. The normalized spacial score (nSPS) is 49.8. The second-order valence-electron chi connectivity index (χ2n) is 10.9. The predicted octanol–water partition coefficient (Wildman–Crippen LogP) is 2.01. The van der Waals surface area contributed by atoms with Gasteiger partial charge in [-0.1, -0.05) is 6.92 Å². The number of carbonyl (C=O) groups is 2. The maximum atomic E-state index is 12.6. The standard InChI is InChI=1S/C23H32NO8/c1-20-6-3-17-18(23(20,28)9-5-16(20)14-10-19(26)31-12-14)4-8-22(27)11-15(32-24(29)30)2-7-21(17,22)13-25/h10,13,15-18,27-28H,2-9,11-12H2,1H3,(H,29,30)/q+1/t15?,16?,17?,18?,20-,21+,22?,23?/m0/s1. The van der Waals surface area contributed by atoms with Gasteiger partial charge in [0.25, 0.3) is 0 Å². The van der Waals surface area contributed by atoms with Gasteiger partial charge in [0.1, 0.15) is 17.8 Å². The maximum Gasteiger partial charge on any atom is 0.475 e. The van der Waals surface area contributed by atoms with Crippen molar-refractivity contribution >= 4 is 12.3 Å². The van der Waals surface area contributed by atoms with Crippen molar-refractivity contribution in [2.45, 2.75) is 82.0 Å². The minimum atomic E-state index is -1.34. The summed E-state index contributed by atoms with van der Waals surface area (Å²) in [5, 5.41) is 32.2. The first kappa shape index (κ1) is 21.8. The number of ether oxygens (including phenoxy) is 1. The Hall–Kier alpha value is -2.00. The van der Waals surface area contributed by atoms with Crippen molar-refractivity contribution < 1.29 is 39.7 Å². The summed E-state index contributed by atoms with van der Waals surface area (Å²) in [6, 6.07) is 0. The average Bonchev–Trinajstić information content (AvgIpc) is 3.27. The number of hydrogen-bond acceptors (Lipinski definition) is 7. The lowest BCUT2D eigenvalue weighted by Gasteiger charge is -2.64. The fourth-order valence-corrected chi connectivity index (χ4v) is 8.53. The van der Waals surface area contributed by atoms with Gasteiger partial charge in [-0.2, -0.15) is 4.84 Å². The smallest absolute Gasteiger partial charge is 0.458 e. The van der Waals surface area contributed by atoms with Gasteiger partial charge in [0, 0.05) is 17.9 Å². The Morgan fingerprint density at radius 3 is 2.53 bits per heavy atom. The van der Waals surface area contributed by atoms with Crippen molar-refractivity contribution in [2.75, 3.05) is 6.61 Å².